The number of imidazole rings is 1. The molecule has 8 nitrogen and oxygen atoms in total. The van der Waals surface area contributed by atoms with Gasteiger partial charge in [0.25, 0.3) is 5.69 Å². The van der Waals surface area contributed by atoms with Crippen molar-refractivity contribution in [2.75, 3.05) is 18.0 Å². The molecule has 154 valence electrons. The largest absolute Gasteiger partial charge is 0.385 e. The molecule has 0 amide bonds. The number of piperidine rings is 1. The summed E-state index contributed by atoms with van der Waals surface area (Å²) in [6, 6.07) is 13.4. The van der Waals surface area contributed by atoms with Gasteiger partial charge in [-0.25, -0.2) is 4.98 Å². The van der Waals surface area contributed by atoms with Gasteiger partial charge in [0.15, 0.2) is 5.78 Å². The van der Waals surface area contributed by atoms with Crippen molar-refractivity contribution in [1.82, 2.24) is 9.97 Å². The Morgan fingerprint density at radius 2 is 1.90 bits per heavy atom. The van der Waals surface area contributed by atoms with Crippen molar-refractivity contribution >= 4 is 17.2 Å². The molecule has 2 heterocycles. The van der Waals surface area contributed by atoms with E-state index in [1.54, 1.807) is 48.8 Å². The molecular weight excluding hydrogens is 384 g/mol. The molecule has 1 atom stereocenters. The molecule has 1 aliphatic heterocycles. The first-order chi connectivity index (χ1) is 14.5. The van der Waals surface area contributed by atoms with Crippen LogP contribution in [0.3, 0.4) is 0 Å². The molecule has 1 saturated heterocycles. The van der Waals surface area contributed by atoms with Gasteiger partial charge in [-0.2, -0.15) is 0 Å². The highest BCUT2D eigenvalue weighted by molar-refractivity contribution is 6.09. The first-order valence-electron chi connectivity index (χ1n) is 9.85. The van der Waals surface area contributed by atoms with Crippen LogP contribution in [0.2, 0.25) is 0 Å². The predicted molar refractivity (Wildman–Crippen MR) is 111 cm³/mol. The minimum absolute atomic E-state index is 0.0328. The lowest BCUT2D eigenvalue weighted by Gasteiger charge is -2.34. The van der Waals surface area contributed by atoms with Gasteiger partial charge in [0, 0.05) is 42.7 Å². The summed E-state index contributed by atoms with van der Waals surface area (Å²) in [5, 5.41) is 22.2. The molecule has 30 heavy (non-hydrogen) atoms. The lowest BCUT2D eigenvalue weighted by Crippen LogP contribution is -2.36. The maximum absolute atomic E-state index is 12.7. The van der Waals surface area contributed by atoms with Crippen molar-refractivity contribution in [3.05, 3.63) is 88.0 Å². The van der Waals surface area contributed by atoms with Crippen LogP contribution >= 0.6 is 0 Å². The Kier molecular flexibility index (Phi) is 5.58. The number of benzene rings is 2. The van der Waals surface area contributed by atoms with E-state index in [0.29, 0.717) is 48.6 Å². The zero-order valence-electron chi connectivity index (χ0n) is 16.3. The molecule has 0 saturated carbocycles. The van der Waals surface area contributed by atoms with Gasteiger partial charge in [-0.05, 0) is 30.9 Å². The molecule has 3 aromatic rings. The van der Waals surface area contributed by atoms with Crippen molar-refractivity contribution in [2.24, 2.45) is 5.92 Å². The SMILES string of the molecule is O=C(c1ccccc1)c1ccc(N2CCC(C(O)c3ncc[nH]3)CC2)c([N+](=O)[O-])c1. The minimum Gasteiger partial charge on any atom is -0.385 e. The minimum atomic E-state index is -0.678. The first-order valence-corrected chi connectivity index (χ1v) is 9.85. The maximum Gasteiger partial charge on any atom is 0.293 e. The zero-order chi connectivity index (χ0) is 21.1. The van der Waals surface area contributed by atoms with Crippen LogP contribution in [0.4, 0.5) is 11.4 Å². The van der Waals surface area contributed by atoms with Crippen molar-refractivity contribution in [3.63, 3.8) is 0 Å². The Labute approximate surface area is 173 Å². The van der Waals surface area contributed by atoms with Gasteiger partial charge in [-0.15, -0.1) is 0 Å². The fourth-order valence-electron chi connectivity index (χ4n) is 3.95. The van der Waals surface area contributed by atoms with E-state index in [1.165, 1.54) is 6.07 Å². The number of aromatic amines is 1. The number of nitro benzene ring substituents is 1. The number of ketones is 1. The Hall–Kier alpha value is -3.52. The molecular formula is C22H22N4O4. The second kappa shape index (κ2) is 8.46. The number of hydrogen-bond donors (Lipinski definition) is 2. The summed E-state index contributed by atoms with van der Waals surface area (Å²) in [5.41, 5.74) is 1.20. The first kappa shape index (κ1) is 19.8. The highest BCUT2D eigenvalue weighted by atomic mass is 16.6. The fourth-order valence-corrected chi connectivity index (χ4v) is 3.95. The number of carbonyl (C=O) groups excluding carboxylic acids is 1. The summed E-state index contributed by atoms with van der Waals surface area (Å²) in [4.78, 5) is 32.9. The number of anilines is 1. The van der Waals surface area contributed by atoms with E-state index in [4.69, 9.17) is 0 Å². The third-order valence-corrected chi connectivity index (χ3v) is 5.60. The molecule has 4 rings (SSSR count). The smallest absolute Gasteiger partial charge is 0.293 e. The lowest BCUT2D eigenvalue weighted by molar-refractivity contribution is -0.384. The molecule has 0 bridgehead atoms. The van der Waals surface area contributed by atoms with Crippen LogP contribution in [-0.4, -0.2) is 38.9 Å². The van der Waals surface area contributed by atoms with Gasteiger partial charge in [0.1, 0.15) is 17.6 Å². The van der Waals surface area contributed by atoms with E-state index in [1.807, 2.05) is 11.0 Å². The van der Waals surface area contributed by atoms with E-state index in [0.717, 1.165) is 0 Å². The number of nitro groups is 1. The third-order valence-electron chi connectivity index (χ3n) is 5.60. The quantitative estimate of drug-likeness (QED) is 0.368. The van der Waals surface area contributed by atoms with Crippen LogP contribution in [0, 0.1) is 16.0 Å². The van der Waals surface area contributed by atoms with Gasteiger partial charge in [0.05, 0.1) is 4.92 Å². The molecule has 1 aromatic heterocycles. The lowest BCUT2D eigenvalue weighted by atomic mass is 9.90. The van der Waals surface area contributed by atoms with Gasteiger partial charge >= 0.3 is 0 Å². The van der Waals surface area contributed by atoms with E-state index in [9.17, 15) is 20.0 Å². The highest BCUT2D eigenvalue weighted by Gasteiger charge is 2.30. The number of aliphatic hydroxyl groups is 1. The molecule has 1 unspecified atom stereocenters. The van der Waals surface area contributed by atoms with Gasteiger partial charge in [-0.3, -0.25) is 14.9 Å². The monoisotopic (exact) mass is 406 g/mol. The summed E-state index contributed by atoms with van der Waals surface area (Å²) < 4.78 is 0. The van der Waals surface area contributed by atoms with Crippen LogP contribution in [0.1, 0.15) is 40.7 Å². The normalized spacial score (nSPS) is 15.7. The number of hydrogen-bond acceptors (Lipinski definition) is 6. The van der Waals surface area contributed by atoms with Crippen LogP contribution in [-0.2, 0) is 0 Å². The maximum atomic E-state index is 12.7. The summed E-state index contributed by atoms with van der Waals surface area (Å²) in [6.07, 6.45) is 3.97. The van der Waals surface area contributed by atoms with Gasteiger partial charge < -0.3 is 15.0 Å². The topological polar surface area (TPSA) is 112 Å². The van der Waals surface area contributed by atoms with Gasteiger partial charge in [-0.1, -0.05) is 30.3 Å². The highest BCUT2D eigenvalue weighted by Crippen LogP contribution is 2.35. The van der Waals surface area contributed by atoms with Crippen LogP contribution in [0.15, 0.2) is 60.9 Å². The molecule has 0 radical (unpaired) electrons. The average molecular weight is 406 g/mol. The Morgan fingerprint density at radius 1 is 1.17 bits per heavy atom. The Balaban J connectivity index is 1.52. The molecule has 0 aliphatic carbocycles. The van der Waals surface area contributed by atoms with Crippen molar-refractivity contribution in [1.29, 1.82) is 0 Å². The summed E-state index contributed by atoms with van der Waals surface area (Å²) in [5.74, 6) is 0.333. The Morgan fingerprint density at radius 3 is 2.53 bits per heavy atom. The molecule has 8 heteroatoms. The van der Waals surface area contributed by atoms with Crippen LogP contribution in [0.5, 0.6) is 0 Å². The fraction of sp³-hybridized carbons (Fsp3) is 0.273. The second-order valence-electron chi connectivity index (χ2n) is 7.40. The van der Waals surface area contributed by atoms with E-state index in [2.05, 4.69) is 9.97 Å². The molecule has 2 aromatic carbocycles. The number of H-pyrrole nitrogens is 1. The second-order valence-corrected chi connectivity index (χ2v) is 7.40. The number of aliphatic hydroxyl groups excluding tert-OH is 1. The number of rotatable bonds is 6. The standard InChI is InChI=1S/C22H22N4O4/c27-20(15-4-2-1-3-5-15)17-6-7-18(19(14-17)26(29)30)25-12-8-16(9-13-25)21(28)22-23-10-11-24-22/h1-7,10-11,14,16,21,28H,8-9,12-13H2,(H,23,24). The zero-order valence-corrected chi connectivity index (χ0v) is 16.3. The Bertz CT molecular complexity index is 1030. The van der Waals surface area contributed by atoms with Crippen molar-refractivity contribution in [2.45, 2.75) is 18.9 Å². The molecule has 1 aliphatic rings. The molecule has 1 fully saturated rings. The summed E-state index contributed by atoms with van der Waals surface area (Å²) in [7, 11) is 0. The molecule has 2 N–H and O–H groups in total. The number of aromatic nitrogens is 2. The third kappa shape index (κ3) is 3.95. The average Bonchev–Trinajstić information content (AvgIpc) is 3.33. The van der Waals surface area contributed by atoms with E-state index >= 15 is 0 Å². The molecule has 0 spiro atoms. The van der Waals surface area contributed by atoms with Gasteiger partial charge in [0.2, 0.25) is 0 Å². The van der Waals surface area contributed by atoms with Crippen molar-refractivity contribution in [3.8, 4) is 0 Å². The number of nitrogens with one attached hydrogen (secondary N) is 1. The number of carbonyl (C=O) groups is 1. The van der Waals surface area contributed by atoms with Crippen molar-refractivity contribution < 1.29 is 14.8 Å². The number of nitrogens with zero attached hydrogens (tertiary/aromatic N) is 3. The predicted octanol–water partition coefficient (Wildman–Crippen LogP) is 3.50. The van der Waals surface area contributed by atoms with E-state index in [-0.39, 0.29) is 17.4 Å². The van der Waals surface area contributed by atoms with E-state index < -0.39 is 11.0 Å². The summed E-state index contributed by atoms with van der Waals surface area (Å²) in [6.45, 7) is 1.16. The summed E-state index contributed by atoms with van der Waals surface area (Å²) >= 11 is 0. The van der Waals surface area contributed by atoms with Crippen LogP contribution in [0.25, 0.3) is 0 Å². The van der Waals surface area contributed by atoms with Crippen LogP contribution < -0.4 is 4.90 Å².